The third-order valence-electron chi connectivity index (χ3n) is 2.69. The number of amides is 1. The van der Waals surface area contributed by atoms with E-state index in [1.54, 1.807) is 13.1 Å². The lowest BCUT2D eigenvalue weighted by Crippen LogP contribution is -2.12. The van der Waals surface area contributed by atoms with E-state index in [1.807, 2.05) is 13.0 Å². The quantitative estimate of drug-likeness (QED) is 0.853. The number of anilines is 1. The van der Waals surface area contributed by atoms with Gasteiger partial charge in [-0.3, -0.25) is 4.79 Å². The number of carbonyl (C=O) groups excluding carboxylic acids is 1. The average molecular weight is 323 g/mol. The first-order valence-electron chi connectivity index (χ1n) is 5.67. The highest BCUT2D eigenvalue weighted by Crippen LogP contribution is 2.18. The van der Waals surface area contributed by atoms with Crippen molar-refractivity contribution >= 4 is 27.5 Å². The van der Waals surface area contributed by atoms with Crippen LogP contribution < -0.4 is 5.32 Å². The molecular formula is C14H12BrFN2O. The molecule has 1 amide bonds. The summed E-state index contributed by atoms with van der Waals surface area (Å²) >= 11 is 3.29. The van der Waals surface area contributed by atoms with Crippen LogP contribution in [0.1, 0.15) is 21.5 Å². The molecule has 0 bridgehead atoms. The van der Waals surface area contributed by atoms with E-state index in [1.165, 1.54) is 18.2 Å². The van der Waals surface area contributed by atoms with Crippen LogP contribution in [0.2, 0.25) is 0 Å². The normalized spacial score (nSPS) is 10.3. The van der Waals surface area contributed by atoms with Crippen molar-refractivity contribution in [1.82, 2.24) is 4.98 Å². The van der Waals surface area contributed by atoms with E-state index >= 15 is 0 Å². The molecule has 0 fully saturated rings. The molecule has 0 atom stereocenters. The molecule has 1 N–H and O–H groups in total. The molecule has 98 valence electrons. The summed E-state index contributed by atoms with van der Waals surface area (Å²) in [6.07, 6.45) is 1.56. The molecule has 5 heteroatoms. The molecule has 0 aliphatic heterocycles. The average Bonchev–Trinajstić information content (AvgIpc) is 2.37. The number of carbonyl (C=O) groups is 1. The maximum absolute atomic E-state index is 13.1. The molecule has 2 rings (SSSR count). The number of aryl methyl sites for hydroxylation is 2. The highest BCUT2D eigenvalue weighted by atomic mass is 79.9. The molecule has 0 unspecified atom stereocenters. The van der Waals surface area contributed by atoms with Crippen molar-refractivity contribution in [3.05, 3.63) is 57.6 Å². The zero-order valence-corrected chi connectivity index (χ0v) is 12.1. The Morgan fingerprint density at radius 3 is 2.63 bits per heavy atom. The lowest BCUT2D eigenvalue weighted by molar-refractivity contribution is 0.102. The van der Waals surface area contributed by atoms with E-state index in [4.69, 9.17) is 0 Å². The topological polar surface area (TPSA) is 42.0 Å². The Balaban J connectivity index is 2.20. The van der Waals surface area contributed by atoms with Crippen molar-refractivity contribution in [3.8, 4) is 0 Å². The molecule has 19 heavy (non-hydrogen) atoms. The molecule has 2 aromatic rings. The van der Waals surface area contributed by atoms with Crippen LogP contribution in [0.4, 0.5) is 10.1 Å². The zero-order chi connectivity index (χ0) is 14.0. The Morgan fingerprint density at radius 1 is 1.26 bits per heavy atom. The Kier molecular flexibility index (Phi) is 3.95. The van der Waals surface area contributed by atoms with Gasteiger partial charge in [0.15, 0.2) is 0 Å². The van der Waals surface area contributed by atoms with Crippen molar-refractivity contribution in [1.29, 1.82) is 0 Å². The van der Waals surface area contributed by atoms with Crippen molar-refractivity contribution < 1.29 is 9.18 Å². The fourth-order valence-electron chi connectivity index (χ4n) is 1.62. The Hall–Kier alpha value is -1.75. The number of nitrogens with one attached hydrogen (secondary N) is 1. The van der Waals surface area contributed by atoms with Crippen LogP contribution in [-0.2, 0) is 0 Å². The van der Waals surface area contributed by atoms with Gasteiger partial charge in [-0.05, 0) is 65.2 Å². The number of pyridine rings is 1. The number of hydrogen-bond acceptors (Lipinski definition) is 2. The molecule has 0 saturated carbocycles. The molecule has 0 spiro atoms. The predicted octanol–water partition coefficient (Wildman–Crippen LogP) is 3.85. The Morgan fingerprint density at radius 2 is 2.00 bits per heavy atom. The smallest absolute Gasteiger partial charge is 0.255 e. The van der Waals surface area contributed by atoms with Gasteiger partial charge in [-0.15, -0.1) is 0 Å². The predicted molar refractivity (Wildman–Crippen MR) is 75.8 cm³/mol. The van der Waals surface area contributed by atoms with Gasteiger partial charge in [-0.2, -0.15) is 0 Å². The van der Waals surface area contributed by atoms with Crippen molar-refractivity contribution in [2.45, 2.75) is 13.8 Å². The second kappa shape index (κ2) is 5.48. The van der Waals surface area contributed by atoms with Gasteiger partial charge in [-0.25, -0.2) is 9.37 Å². The number of aromatic nitrogens is 1. The highest BCUT2D eigenvalue weighted by molar-refractivity contribution is 9.10. The van der Waals surface area contributed by atoms with E-state index in [-0.39, 0.29) is 11.7 Å². The second-order valence-electron chi connectivity index (χ2n) is 4.25. The van der Waals surface area contributed by atoms with E-state index in [9.17, 15) is 9.18 Å². The first kappa shape index (κ1) is 13.7. The summed E-state index contributed by atoms with van der Waals surface area (Å²) in [5.41, 5.74) is 2.39. The van der Waals surface area contributed by atoms with Crippen molar-refractivity contribution in [3.63, 3.8) is 0 Å². The van der Waals surface area contributed by atoms with Gasteiger partial charge in [0.2, 0.25) is 0 Å². The van der Waals surface area contributed by atoms with Crippen molar-refractivity contribution in [2.24, 2.45) is 0 Å². The molecular weight excluding hydrogens is 311 g/mol. The Bertz CT molecular complexity index is 643. The monoisotopic (exact) mass is 322 g/mol. The number of hydrogen-bond donors (Lipinski definition) is 1. The largest absolute Gasteiger partial charge is 0.321 e. The summed E-state index contributed by atoms with van der Waals surface area (Å²) in [6.45, 7) is 3.51. The summed E-state index contributed by atoms with van der Waals surface area (Å²) in [5, 5.41) is 2.73. The molecule has 1 heterocycles. The van der Waals surface area contributed by atoms with Crippen LogP contribution in [0.15, 0.2) is 35.1 Å². The molecule has 0 radical (unpaired) electrons. The minimum atomic E-state index is -0.322. The molecule has 3 nitrogen and oxygen atoms in total. The van der Waals surface area contributed by atoms with Gasteiger partial charge in [0.05, 0.1) is 11.9 Å². The van der Waals surface area contributed by atoms with Crippen LogP contribution in [-0.4, -0.2) is 10.9 Å². The summed E-state index contributed by atoms with van der Waals surface area (Å²) in [4.78, 5) is 16.1. The first-order chi connectivity index (χ1) is 8.97. The maximum atomic E-state index is 13.1. The summed E-state index contributed by atoms with van der Waals surface area (Å²) in [7, 11) is 0. The van der Waals surface area contributed by atoms with Crippen LogP contribution in [0.3, 0.4) is 0 Å². The van der Waals surface area contributed by atoms with Gasteiger partial charge >= 0.3 is 0 Å². The number of nitrogens with zero attached hydrogens (tertiary/aromatic N) is 1. The lowest BCUT2D eigenvalue weighted by atomic mass is 10.1. The fraction of sp³-hybridized carbons (Fsp3) is 0.143. The van der Waals surface area contributed by atoms with Crippen LogP contribution in [0.5, 0.6) is 0 Å². The van der Waals surface area contributed by atoms with Gasteiger partial charge in [0.25, 0.3) is 5.91 Å². The third-order valence-corrected chi connectivity index (χ3v) is 3.52. The van der Waals surface area contributed by atoms with Crippen LogP contribution in [0.25, 0.3) is 0 Å². The van der Waals surface area contributed by atoms with Gasteiger partial charge in [0, 0.05) is 5.56 Å². The second-order valence-corrected chi connectivity index (χ2v) is 5.00. The fourth-order valence-corrected chi connectivity index (χ4v) is 1.83. The SMILES string of the molecule is Cc1cc(C(=O)Nc2cnc(Br)c(C)c2)ccc1F. The number of benzene rings is 1. The minimum Gasteiger partial charge on any atom is -0.321 e. The molecule has 1 aromatic heterocycles. The van der Waals surface area contributed by atoms with Gasteiger partial charge in [-0.1, -0.05) is 0 Å². The number of halogens is 2. The van der Waals surface area contributed by atoms with Crippen LogP contribution >= 0.6 is 15.9 Å². The lowest BCUT2D eigenvalue weighted by Gasteiger charge is -2.07. The molecule has 0 saturated heterocycles. The molecule has 1 aromatic carbocycles. The Labute approximate surface area is 119 Å². The van der Waals surface area contributed by atoms with Gasteiger partial charge in [0.1, 0.15) is 10.4 Å². The zero-order valence-electron chi connectivity index (χ0n) is 10.5. The van der Waals surface area contributed by atoms with E-state index in [2.05, 4.69) is 26.2 Å². The highest BCUT2D eigenvalue weighted by Gasteiger charge is 2.09. The summed E-state index contributed by atoms with van der Waals surface area (Å²) < 4.78 is 13.9. The number of rotatable bonds is 2. The standard InChI is InChI=1S/C14H12BrFN2O/c1-8-5-10(3-4-12(8)16)14(19)18-11-6-9(2)13(15)17-7-11/h3-7H,1-2H3,(H,18,19). The van der Waals surface area contributed by atoms with Crippen molar-refractivity contribution in [2.75, 3.05) is 5.32 Å². The summed E-state index contributed by atoms with van der Waals surface area (Å²) in [5.74, 6) is -0.607. The maximum Gasteiger partial charge on any atom is 0.255 e. The van der Waals surface area contributed by atoms with E-state index in [0.717, 1.165) is 10.2 Å². The van der Waals surface area contributed by atoms with Gasteiger partial charge < -0.3 is 5.32 Å². The minimum absolute atomic E-state index is 0.286. The van der Waals surface area contributed by atoms with Crippen LogP contribution in [0, 0.1) is 19.7 Å². The van der Waals surface area contributed by atoms with E-state index < -0.39 is 0 Å². The summed E-state index contributed by atoms with van der Waals surface area (Å²) in [6, 6.07) is 6.07. The molecule has 0 aliphatic carbocycles. The molecule has 0 aliphatic rings. The van der Waals surface area contributed by atoms with E-state index in [0.29, 0.717) is 16.8 Å². The first-order valence-corrected chi connectivity index (χ1v) is 6.46. The third kappa shape index (κ3) is 3.17.